The number of carbonyl (C=O) groups excluding carboxylic acids is 1. The summed E-state index contributed by atoms with van der Waals surface area (Å²) in [6, 6.07) is 9.15. The molecule has 3 aromatic rings. The Hall–Kier alpha value is -2.87. The largest absolute Gasteiger partial charge is 0.462 e. The number of nitrogens with zero attached hydrogens (tertiary/aromatic N) is 1. The maximum atomic E-state index is 13.5. The molecule has 1 aromatic heterocycles. The van der Waals surface area contributed by atoms with E-state index in [4.69, 9.17) is 9.15 Å². The number of halogens is 1. The van der Waals surface area contributed by atoms with E-state index in [0.29, 0.717) is 23.2 Å². The topological polar surface area (TPSA) is 76.8 Å². The van der Waals surface area contributed by atoms with Crippen molar-refractivity contribution in [1.29, 1.82) is 0 Å². The molecular weight excluding hydrogens is 397 g/mol. The lowest BCUT2D eigenvalue weighted by Gasteiger charge is -2.25. The number of carbonyl (C=O) groups is 1. The molecule has 2 aromatic carbocycles. The normalized spacial score (nSPS) is 12.2. The highest BCUT2D eigenvalue weighted by Gasteiger charge is 2.26. The summed E-state index contributed by atoms with van der Waals surface area (Å²) in [6.07, 6.45) is 0.857. The lowest BCUT2D eigenvalue weighted by atomic mass is 10.2. The summed E-state index contributed by atoms with van der Waals surface area (Å²) < 4.78 is 50.0. The number of anilines is 1. The molecule has 0 radical (unpaired) electrons. The first kappa shape index (κ1) is 20.9. The van der Waals surface area contributed by atoms with Crippen LogP contribution in [0.1, 0.15) is 27.7 Å². The second kappa shape index (κ2) is 7.51. The van der Waals surface area contributed by atoms with E-state index >= 15 is 0 Å². The number of hydrogen-bond donors (Lipinski definition) is 0. The number of benzene rings is 2. The van der Waals surface area contributed by atoms with Gasteiger partial charge in [-0.3, -0.25) is 4.90 Å². The van der Waals surface area contributed by atoms with E-state index in [-0.39, 0.29) is 9.79 Å². The van der Waals surface area contributed by atoms with Crippen molar-refractivity contribution in [2.24, 2.45) is 0 Å². The summed E-state index contributed by atoms with van der Waals surface area (Å²) in [7, 11) is -3.92. The Bertz CT molecular complexity index is 1160. The van der Waals surface area contributed by atoms with Gasteiger partial charge in [-0.1, -0.05) is 6.07 Å². The molecule has 29 heavy (non-hydrogen) atoms. The highest BCUT2D eigenvalue weighted by Crippen LogP contribution is 2.33. The standard InChI is InChI=1S/C21H22FNO5S/c1-5-23(20(24)28-21(2,3)4)18-13-27-19-12-16(9-10-17(18)19)29(25,26)15-8-6-7-14(22)11-15/h6-13H,5H2,1-4H3. The van der Waals surface area contributed by atoms with Crippen molar-refractivity contribution in [3.8, 4) is 0 Å². The quantitative estimate of drug-likeness (QED) is 0.583. The van der Waals surface area contributed by atoms with E-state index in [2.05, 4.69) is 0 Å². The summed E-state index contributed by atoms with van der Waals surface area (Å²) in [5, 5.41) is 0.566. The van der Waals surface area contributed by atoms with Crippen molar-refractivity contribution in [3.05, 3.63) is 54.5 Å². The average molecular weight is 419 g/mol. The SMILES string of the molecule is CCN(C(=O)OC(C)(C)C)c1coc2cc(S(=O)(=O)c3cccc(F)c3)ccc12. The molecule has 3 rings (SSSR count). The lowest BCUT2D eigenvalue weighted by Crippen LogP contribution is -2.36. The van der Waals surface area contributed by atoms with Crippen molar-refractivity contribution in [2.45, 2.75) is 43.1 Å². The average Bonchev–Trinajstić information content (AvgIpc) is 3.04. The predicted octanol–water partition coefficient (Wildman–Crippen LogP) is 5.17. The van der Waals surface area contributed by atoms with Crippen LogP contribution in [0.25, 0.3) is 11.0 Å². The fourth-order valence-electron chi connectivity index (χ4n) is 2.86. The van der Waals surface area contributed by atoms with Gasteiger partial charge in [-0.05, 0) is 58.0 Å². The summed E-state index contributed by atoms with van der Waals surface area (Å²) in [5.74, 6) is -0.636. The Morgan fingerprint density at radius 3 is 2.45 bits per heavy atom. The molecule has 0 fully saturated rings. The molecule has 0 bridgehead atoms. The first-order valence-corrected chi connectivity index (χ1v) is 10.5. The zero-order chi connectivity index (χ0) is 21.4. The second-order valence-electron chi connectivity index (χ2n) is 7.46. The van der Waals surface area contributed by atoms with Gasteiger partial charge in [0, 0.05) is 18.0 Å². The van der Waals surface area contributed by atoms with Gasteiger partial charge in [0.2, 0.25) is 9.84 Å². The molecule has 1 amide bonds. The third-order valence-electron chi connectivity index (χ3n) is 4.16. The molecule has 0 aliphatic carbocycles. The maximum Gasteiger partial charge on any atom is 0.414 e. The second-order valence-corrected chi connectivity index (χ2v) is 9.41. The number of sulfone groups is 1. The number of ether oxygens (including phenoxy) is 1. The zero-order valence-corrected chi connectivity index (χ0v) is 17.4. The van der Waals surface area contributed by atoms with Crippen molar-refractivity contribution in [1.82, 2.24) is 0 Å². The third kappa shape index (κ3) is 4.27. The molecule has 0 aliphatic heterocycles. The first-order valence-electron chi connectivity index (χ1n) is 9.05. The van der Waals surface area contributed by atoms with E-state index in [9.17, 15) is 17.6 Å². The van der Waals surface area contributed by atoms with Crippen molar-refractivity contribution in [3.63, 3.8) is 0 Å². The van der Waals surface area contributed by atoms with Gasteiger partial charge in [0.05, 0.1) is 15.5 Å². The fourth-order valence-corrected chi connectivity index (χ4v) is 4.16. The number of rotatable bonds is 4. The van der Waals surface area contributed by atoms with Crippen molar-refractivity contribution in [2.75, 3.05) is 11.4 Å². The molecule has 154 valence electrons. The molecule has 0 saturated carbocycles. The van der Waals surface area contributed by atoms with E-state index in [1.165, 1.54) is 41.5 Å². The van der Waals surface area contributed by atoms with Crippen LogP contribution in [0.4, 0.5) is 14.9 Å². The van der Waals surface area contributed by atoms with Gasteiger partial charge in [-0.2, -0.15) is 0 Å². The Balaban J connectivity index is 2.01. The number of furan rings is 1. The van der Waals surface area contributed by atoms with E-state index in [1.54, 1.807) is 33.8 Å². The fraction of sp³-hybridized carbons (Fsp3) is 0.286. The van der Waals surface area contributed by atoms with E-state index in [0.717, 1.165) is 6.07 Å². The first-order chi connectivity index (χ1) is 13.5. The summed E-state index contributed by atoms with van der Waals surface area (Å²) >= 11 is 0. The van der Waals surface area contributed by atoms with Crippen LogP contribution >= 0.6 is 0 Å². The van der Waals surface area contributed by atoms with Gasteiger partial charge in [-0.15, -0.1) is 0 Å². The zero-order valence-electron chi connectivity index (χ0n) is 16.6. The smallest absolute Gasteiger partial charge is 0.414 e. The molecule has 8 heteroatoms. The monoisotopic (exact) mass is 419 g/mol. The van der Waals surface area contributed by atoms with Crippen LogP contribution < -0.4 is 4.90 Å². The Labute approximate surface area is 168 Å². The van der Waals surface area contributed by atoms with Gasteiger partial charge in [0.25, 0.3) is 0 Å². The van der Waals surface area contributed by atoms with Crippen LogP contribution in [-0.2, 0) is 14.6 Å². The molecule has 0 unspecified atom stereocenters. The minimum atomic E-state index is -3.92. The van der Waals surface area contributed by atoms with Crippen LogP contribution in [0.15, 0.2) is 62.9 Å². The van der Waals surface area contributed by atoms with Crippen LogP contribution in [0.3, 0.4) is 0 Å². The molecule has 1 heterocycles. The summed E-state index contributed by atoms with van der Waals surface area (Å²) in [6.45, 7) is 7.46. The molecule has 0 saturated heterocycles. The van der Waals surface area contributed by atoms with Crippen molar-refractivity contribution < 1.29 is 26.8 Å². The number of amides is 1. The van der Waals surface area contributed by atoms with Crippen LogP contribution in [-0.4, -0.2) is 26.7 Å². The number of fused-ring (bicyclic) bond motifs is 1. The van der Waals surface area contributed by atoms with E-state index < -0.39 is 27.3 Å². The van der Waals surface area contributed by atoms with Gasteiger partial charge in [0.1, 0.15) is 23.3 Å². The molecule has 0 N–H and O–H groups in total. The predicted molar refractivity (Wildman–Crippen MR) is 107 cm³/mol. The van der Waals surface area contributed by atoms with Crippen molar-refractivity contribution >= 4 is 32.6 Å². The maximum absolute atomic E-state index is 13.5. The summed E-state index contributed by atoms with van der Waals surface area (Å²) in [4.78, 5) is 13.7. The van der Waals surface area contributed by atoms with E-state index in [1.807, 2.05) is 0 Å². The Morgan fingerprint density at radius 1 is 1.14 bits per heavy atom. The summed E-state index contributed by atoms with van der Waals surface area (Å²) in [5.41, 5.74) is 0.113. The van der Waals surface area contributed by atoms with Gasteiger partial charge in [-0.25, -0.2) is 17.6 Å². The van der Waals surface area contributed by atoms with Crippen LogP contribution in [0.2, 0.25) is 0 Å². The van der Waals surface area contributed by atoms with Crippen LogP contribution in [0.5, 0.6) is 0 Å². The molecule has 0 atom stereocenters. The highest BCUT2D eigenvalue weighted by molar-refractivity contribution is 7.91. The van der Waals surface area contributed by atoms with Gasteiger partial charge >= 0.3 is 6.09 Å². The van der Waals surface area contributed by atoms with Crippen LogP contribution in [0, 0.1) is 5.82 Å². The molecular formula is C21H22FNO5S. The van der Waals surface area contributed by atoms with Gasteiger partial charge < -0.3 is 9.15 Å². The molecule has 6 nitrogen and oxygen atoms in total. The molecule has 0 aliphatic rings. The Kier molecular flexibility index (Phi) is 5.40. The molecule has 0 spiro atoms. The minimum absolute atomic E-state index is 0.0307. The third-order valence-corrected chi connectivity index (χ3v) is 5.91. The highest BCUT2D eigenvalue weighted by atomic mass is 32.2. The number of hydrogen-bond acceptors (Lipinski definition) is 5. The lowest BCUT2D eigenvalue weighted by molar-refractivity contribution is 0.0582. The Morgan fingerprint density at radius 2 is 1.83 bits per heavy atom. The minimum Gasteiger partial charge on any atom is -0.462 e. The van der Waals surface area contributed by atoms with Gasteiger partial charge in [0.15, 0.2) is 0 Å².